The number of hydrogen-bond acceptors (Lipinski definition) is 4. The lowest BCUT2D eigenvalue weighted by Crippen LogP contribution is -2.31. The van der Waals surface area contributed by atoms with E-state index in [0.717, 1.165) is 31.2 Å². The van der Waals surface area contributed by atoms with E-state index in [-0.39, 0.29) is 29.7 Å². The quantitative estimate of drug-likeness (QED) is 0.686. The van der Waals surface area contributed by atoms with Gasteiger partial charge < -0.3 is 10.6 Å². The second kappa shape index (κ2) is 10.5. The summed E-state index contributed by atoms with van der Waals surface area (Å²) in [6, 6.07) is 13.5. The van der Waals surface area contributed by atoms with E-state index < -0.39 is 10.0 Å². The van der Waals surface area contributed by atoms with E-state index in [1.165, 1.54) is 12.1 Å². The molecule has 1 aliphatic rings. The molecule has 1 heterocycles. The van der Waals surface area contributed by atoms with Crippen LogP contribution in [0.3, 0.4) is 0 Å². The zero-order valence-electron chi connectivity index (χ0n) is 17.8. The predicted molar refractivity (Wildman–Crippen MR) is 120 cm³/mol. The average molecular weight is 444 g/mol. The van der Waals surface area contributed by atoms with Crippen LogP contribution in [0.15, 0.2) is 53.4 Å². The standard InChI is InChI=1S/C23H29N3O4S/c1-18-7-6-8-19(17-18)23(28)24-14-13-22(27)25-20-9-11-21(12-10-20)31(29,30)26-15-4-2-3-5-16-26/h6-12,17H,2-5,13-16H2,1H3,(H,24,28)(H,25,27). The van der Waals surface area contributed by atoms with Crippen molar-refractivity contribution >= 4 is 27.5 Å². The summed E-state index contributed by atoms with van der Waals surface area (Å²) in [6.07, 6.45) is 4.00. The van der Waals surface area contributed by atoms with Crippen molar-refractivity contribution in [2.45, 2.75) is 43.9 Å². The highest BCUT2D eigenvalue weighted by atomic mass is 32.2. The number of nitrogens with one attached hydrogen (secondary N) is 2. The Balaban J connectivity index is 1.50. The SMILES string of the molecule is Cc1cccc(C(=O)NCCC(=O)Nc2ccc(S(=O)(=O)N3CCCCCC3)cc2)c1. The Hall–Kier alpha value is -2.71. The molecule has 2 aromatic carbocycles. The van der Waals surface area contributed by atoms with Gasteiger partial charge >= 0.3 is 0 Å². The van der Waals surface area contributed by atoms with Crippen molar-refractivity contribution in [1.29, 1.82) is 0 Å². The lowest BCUT2D eigenvalue weighted by atomic mass is 10.1. The number of carbonyl (C=O) groups excluding carboxylic acids is 2. The van der Waals surface area contributed by atoms with Gasteiger partial charge in [0, 0.05) is 37.3 Å². The number of hydrogen-bond donors (Lipinski definition) is 2. The largest absolute Gasteiger partial charge is 0.352 e. The molecule has 0 unspecified atom stereocenters. The first-order chi connectivity index (χ1) is 14.9. The van der Waals surface area contributed by atoms with Crippen LogP contribution < -0.4 is 10.6 Å². The van der Waals surface area contributed by atoms with E-state index in [1.54, 1.807) is 28.6 Å². The van der Waals surface area contributed by atoms with E-state index in [0.29, 0.717) is 24.3 Å². The summed E-state index contributed by atoms with van der Waals surface area (Å²) in [5.74, 6) is -0.479. The molecule has 0 bridgehead atoms. The molecule has 0 saturated carbocycles. The Morgan fingerprint density at radius 3 is 2.29 bits per heavy atom. The number of rotatable bonds is 7. The van der Waals surface area contributed by atoms with Crippen LogP contribution in [0.2, 0.25) is 0 Å². The molecule has 2 aromatic rings. The van der Waals surface area contributed by atoms with Gasteiger partial charge in [0.1, 0.15) is 0 Å². The first-order valence-corrected chi connectivity index (χ1v) is 12.1. The number of nitrogens with zero attached hydrogens (tertiary/aromatic N) is 1. The number of anilines is 1. The summed E-state index contributed by atoms with van der Waals surface area (Å²) in [7, 11) is -3.51. The van der Waals surface area contributed by atoms with Crippen LogP contribution in [-0.4, -0.2) is 44.2 Å². The van der Waals surface area contributed by atoms with E-state index >= 15 is 0 Å². The maximum Gasteiger partial charge on any atom is 0.251 e. The van der Waals surface area contributed by atoms with Gasteiger partial charge in [-0.05, 0) is 56.2 Å². The lowest BCUT2D eigenvalue weighted by Gasteiger charge is -2.20. The molecule has 0 spiro atoms. The summed E-state index contributed by atoms with van der Waals surface area (Å²) >= 11 is 0. The third-order valence-corrected chi connectivity index (χ3v) is 7.17. The molecule has 1 fully saturated rings. The number of sulfonamides is 1. The molecular weight excluding hydrogens is 414 g/mol. The Morgan fingerprint density at radius 2 is 1.65 bits per heavy atom. The molecule has 2 amide bonds. The zero-order valence-corrected chi connectivity index (χ0v) is 18.6. The normalized spacial score (nSPS) is 15.1. The molecule has 0 radical (unpaired) electrons. The van der Waals surface area contributed by atoms with Crippen molar-refractivity contribution in [2.75, 3.05) is 25.0 Å². The van der Waals surface area contributed by atoms with Gasteiger partial charge in [-0.3, -0.25) is 9.59 Å². The summed E-state index contributed by atoms with van der Waals surface area (Å²) in [5, 5.41) is 5.46. The molecule has 7 nitrogen and oxygen atoms in total. The first-order valence-electron chi connectivity index (χ1n) is 10.6. The molecule has 1 aliphatic heterocycles. The maximum absolute atomic E-state index is 12.8. The molecule has 0 aliphatic carbocycles. The summed E-state index contributed by atoms with van der Waals surface area (Å²) in [4.78, 5) is 24.5. The van der Waals surface area contributed by atoms with Gasteiger partial charge in [-0.2, -0.15) is 4.31 Å². The van der Waals surface area contributed by atoms with Crippen molar-refractivity contribution < 1.29 is 18.0 Å². The van der Waals surface area contributed by atoms with Gasteiger partial charge in [0.2, 0.25) is 15.9 Å². The number of benzene rings is 2. The van der Waals surface area contributed by atoms with Crippen molar-refractivity contribution in [3.63, 3.8) is 0 Å². The molecule has 0 atom stereocenters. The molecular formula is C23H29N3O4S. The van der Waals surface area contributed by atoms with Crippen LogP contribution in [0.5, 0.6) is 0 Å². The van der Waals surface area contributed by atoms with Crippen molar-refractivity contribution in [1.82, 2.24) is 9.62 Å². The molecule has 31 heavy (non-hydrogen) atoms. The second-order valence-electron chi connectivity index (χ2n) is 7.77. The van der Waals surface area contributed by atoms with Gasteiger partial charge in [-0.1, -0.05) is 30.5 Å². The molecule has 0 aromatic heterocycles. The smallest absolute Gasteiger partial charge is 0.251 e. The van der Waals surface area contributed by atoms with Crippen molar-refractivity contribution in [2.24, 2.45) is 0 Å². The third kappa shape index (κ3) is 6.38. The molecule has 2 N–H and O–H groups in total. The fourth-order valence-corrected chi connectivity index (χ4v) is 5.06. The van der Waals surface area contributed by atoms with E-state index in [2.05, 4.69) is 10.6 Å². The van der Waals surface area contributed by atoms with E-state index in [9.17, 15) is 18.0 Å². The van der Waals surface area contributed by atoms with Gasteiger partial charge in [0.25, 0.3) is 5.91 Å². The Kier molecular flexibility index (Phi) is 7.81. The van der Waals surface area contributed by atoms with Gasteiger partial charge in [0.05, 0.1) is 4.90 Å². The predicted octanol–water partition coefficient (Wildman–Crippen LogP) is 3.32. The van der Waals surface area contributed by atoms with Gasteiger partial charge in [-0.15, -0.1) is 0 Å². The van der Waals surface area contributed by atoms with E-state index in [4.69, 9.17) is 0 Å². The highest BCUT2D eigenvalue weighted by Crippen LogP contribution is 2.21. The average Bonchev–Trinajstić information content (AvgIpc) is 3.04. The Bertz CT molecular complexity index is 1010. The molecule has 166 valence electrons. The van der Waals surface area contributed by atoms with Crippen LogP contribution in [0, 0.1) is 6.92 Å². The first kappa shape index (κ1) is 23.0. The van der Waals surface area contributed by atoms with Crippen LogP contribution in [-0.2, 0) is 14.8 Å². The highest BCUT2D eigenvalue weighted by molar-refractivity contribution is 7.89. The fourth-order valence-electron chi connectivity index (χ4n) is 3.54. The molecule has 3 rings (SSSR count). The number of carbonyl (C=O) groups is 2. The fraction of sp³-hybridized carbons (Fsp3) is 0.391. The minimum Gasteiger partial charge on any atom is -0.352 e. The van der Waals surface area contributed by atoms with E-state index in [1.807, 2.05) is 19.1 Å². The topological polar surface area (TPSA) is 95.6 Å². The lowest BCUT2D eigenvalue weighted by molar-refractivity contribution is -0.116. The summed E-state index contributed by atoms with van der Waals surface area (Å²) in [6.45, 7) is 3.22. The number of aryl methyl sites for hydroxylation is 1. The monoisotopic (exact) mass is 443 g/mol. The van der Waals surface area contributed by atoms with Crippen molar-refractivity contribution in [3.8, 4) is 0 Å². The number of amides is 2. The van der Waals surface area contributed by atoms with Crippen LogP contribution in [0.25, 0.3) is 0 Å². The minimum atomic E-state index is -3.51. The maximum atomic E-state index is 12.8. The van der Waals surface area contributed by atoms with Gasteiger partial charge in [-0.25, -0.2) is 8.42 Å². The molecule has 1 saturated heterocycles. The van der Waals surface area contributed by atoms with Crippen molar-refractivity contribution in [3.05, 3.63) is 59.7 Å². The van der Waals surface area contributed by atoms with Crippen LogP contribution >= 0.6 is 0 Å². The Labute approximate surface area is 183 Å². The van der Waals surface area contributed by atoms with Crippen LogP contribution in [0.4, 0.5) is 5.69 Å². The third-order valence-electron chi connectivity index (χ3n) is 5.26. The summed E-state index contributed by atoms with van der Waals surface area (Å²) < 4.78 is 27.2. The minimum absolute atomic E-state index is 0.116. The van der Waals surface area contributed by atoms with Gasteiger partial charge in [0.15, 0.2) is 0 Å². The summed E-state index contributed by atoms with van der Waals surface area (Å²) in [5.41, 5.74) is 2.07. The Morgan fingerprint density at radius 1 is 0.968 bits per heavy atom. The second-order valence-corrected chi connectivity index (χ2v) is 9.70. The highest BCUT2D eigenvalue weighted by Gasteiger charge is 2.24. The zero-order chi connectivity index (χ0) is 22.3. The molecule has 8 heteroatoms. The van der Waals surface area contributed by atoms with Crippen LogP contribution in [0.1, 0.15) is 48.0 Å².